The summed E-state index contributed by atoms with van der Waals surface area (Å²) in [5.41, 5.74) is 0. The maximum Gasteiger partial charge on any atom is 0.0223 e. The van der Waals surface area contributed by atoms with E-state index in [1.807, 2.05) is 0 Å². The molecule has 0 aliphatic heterocycles. The normalized spacial score (nSPS) is 9.25. The van der Waals surface area contributed by atoms with Gasteiger partial charge in [0.1, 0.15) is 0 Å². The van der Waals surface area contributed by atoms with Gasteiger partial charge < -0.3 is 0 Å². The highest BCUT2D eigenvalue weighted by molar-refractivity contribution is 9.11. The van der Waals surface area contributed by atoms with Gasteiger partial charge in [0.2, 0.25) is 0 Å². The van der Waals surface area contributed by atoms with Crippen molar-refractivity contribution in [2.24, 2.45) is 0 Å². The maximum absolute atomic E-state index is 5.44. The topological polar surface area (TPSA) is 0 Å². The standard InChI is InChI=1S/C6H10BrCl/c1-6(7)4-2-3-5-8/h1-5H2. The van der Waals surface area contributed by atoms with E-state index in [1.165, 1.54) is 0 Å². The van der Waals surface area contributed by atoms with Crippen LogP contribution in [0.5, 0.6) is 0 Å². The van der Waals surface area contributed by atoms with Gasteiger partial charge >= 0.3 is 0 Å². The maximum atomic E-state index is 5.44. The molecule has 0 aromatic carbocycles. The van der Waals surface area contributed by atoms with Crippen LogP contribution in [-0.4, -0.2) is 5.88 Å². The highest BCUT2D eigenvalue weighted by atomic mass is 79.9. The van der Waals surface area contributed by atoms with E-state index < -0.39 is 0 Å². The van der Waals surface area contributed by atoms with Gasteiger partial charge in [-0.15, -0.1) is 11.6 Å². The van der Waals surface area contributed by atoms with Gasteiger partial charge in [-0.05, 0) is 23.7 Å². The lowest BCUT2D eigenvalue weighted by Crippen LogP contribution is -1.75. The molecule has 0 atom stereocenters. The van der Waals surface area contributed by atoms with Gasteiger partial charge in [-0.3, -0.25) is 0 Å². The van der Waals surface area contributed by atoms with Crippen molar-refractivity contribution in [2.75, 3.05) is 5.88 Å². The molecule has 0 bridgehead atoms. The Bertz CT molecular complexity index is 70.9. The Kier molecular flexibility index (Phi) is 6.00. The van der Waals surface area contributed by atoms with Crippen LogP contribution >= 0.6 is 27.5 Å². The molecule has 0 rings (SSSR count). The van der Waals surface area contributed by atoms with E-state index in [9.17, 15) is 0 Å². The molecule has 0 nitrogen and oxygen atoms in total. The highest BCUT2D eigenvalue weighted by Gasteiger charge is 1.86. The van der Waals surface area contributed by atoms with Gasteiger partial charge in [0, 0.05) is 5.88 Å². The Morgan fingerprint density at radius 3 is 2.50 bits per heavy atom. The fourth-order valence-corrected chi connectivity index (χ4v) is 0.881. The summed E-state index contributed by atoms with van der Waals surface area (Å²) < 4.78 is 1.07. The molecule has 0 aliphatic carbocycles. The second-order valence-electron chi connectivity index (χ2n) is 1.66. The van der Waals surface area contributed by atoms with Crippen LogP contribution in [-0.2, 0) is 0 Å². The van der Waals surface area contributed by atoms with Crippen LogP contribution in [0.15, 0.2) is 11.1 Å². The molecule has 0 N–H and O–H groups in total. The average Bonchev–Trinajstić information content (AvgIpc) is 1.66. The van der Waals surface area contributed by atoms with Crippen LogP contribution in [0, 0.1) is 0 Å². The van der Waals surface area contributed by atoms with Crippen molar-refractivity contribution >= 4 is 27.5 Å². The second-order valence-corrected chi connectivity index (χ2v) is 3.16. The smallest absolute Gasteiger partial charge is 0.0223 e. The molecule has 0 aromatic heterocycles. The van der Waals surface area contributed by atoms with Crippen LogP contribution in [0.25, 0.3) is 0 Å². The molecule has 0 aromatic rings. The second kappa shape index (κ2) is 5.64. The molecular weight excluding hydrogens is 187 g/mol. The number of unbranched alkanes of at least 4 members (excludes halogenated alkanes) is 1. The predicted octanol–water partition coefficient (Wildman–Crippen LogP) is 3.30. The fourth-order valence-electron chi connectivity index (χ4n) is 0.411. The highest BCUT2D eigenvalue weighted by Crippen LogP contribution is 2.10. The number of halogens is 2. The third kappa shape index (κ3) is 6.51. The van der Waals surface area contributed by atoms with Gasteiger partial charge in [0.25, 0.3) is 0 Å². The summed E-state index contributed by atoms with van der Waals surface area (Å²) in [5.74, 6) is 0.764. The molecule has 0 spiro atoms. The molecule has 0 aliphatic rings. The first kappa shape index (κ1) is 8.51. The van der Waals surface area contributed by atoms with Crippen LogP contribution in [0.3, 0.4) is 0 Å². The predicted molar refractivity (Wildman–Crippen MR) is 42.6 cm³/mol. The molecule has 48 valence electrons. The van der Waals surface area contributed by atoms with Gasteiger partial charge in [-0.2, -0.15) is 0 Å². The van der Waals surface area contributed by atoms with E-state index >= 15 is 0 Å². The Hall–Kier alpha value is 0.510. The van der Waals surface area contributed by atoms with E-state index in [2.05, 4.69) is 22.5 Å². The van der Waals surface area contributed by atoms with Gasteiger partial charge in [0.05, 0.1) is 0 Å². The molecule has 0 fully saturated rings. The first-order valence-electron chi connectivity index (χ1n) is 2.66. The van der Waals surface area contributed by atoms with Crippen LogP contribution in [0.4, 0.5) is 0 Å². The van der Waals surface area contributed by atoms with Crippen molar-refractivity contribution in [3.05, 3.63) is 11.1 Å². The van der Waals surface area contributed by atoms with Crippen molar-refractivity contribution in [3.63, 3.8) is 0 Å². The SMILES string of the molecule is C=C(Br)CCCCCl. The Morgan fingerprint density at radius 1 is 1.50 bits per heavy atom. The zero-order valence-electron chi connectivity index (χ0n) is 4.79. The molecule has 0 amide bonds. The molecule has 8 heavy (non-hydrogen) atoms. The number of alkyl halides is 1. The van der Waals surface area contributed by atoms with Crippen molar-refractivity contribution in [3.8, 4) is 0 Å². The van der Waals surface area contributed by atoms with Crippen molar-refractivity contribution in [1.29, 1.82) is 0 Å². The summed E-state index contributed by atoms with van der Waals surface area (Å²) in [5, 5.41) is 0. The minimum Gasteiger partial charge on any atom is -0.127 e. The molecule has 0 radical (unpaired) electrons. The third-order valence-corrected chi connectivity index (χ3v) is 1.50. The third-order valence-electron chi connectivity index (χ3n) is 0.832. The number of allylic oxidation sites excluding steroid dienone is 1. The summed E-state index contributed by atoms with van der Waals surface area (Å²) in [4.78, 5) is 0. The van der Waals surface area contributed by atoms with Crippen molar-refractivity contribution in [2.45, 2.75) is 19.3 Å². The molecule has 0 heterocycles. The zero-order valence-corrected chi connectivity index (χ0v) is 7.13. The average molecular weight is 198 g/mol. The van der Waals surface area contributed by atoms with E-state index in [-0.39, 0.29) is 0 Å². The van der Waals surface area contributed by atoms with E-state index in [0.717, 1.165) is 29.6 Å². The molecule has 0 unspecified atom stereocenters. The zero-order chi connectivity index (χ0) is 6.41. The summed E-state index contributed by atoms with van der Waals surface area (Å²) in [6.45, 7) is 3.70. The quantitative estimate of drug-likeness (QED) is 0.479. The van der Waals surface area contributed by atoms with Crippen LogP contribution in [0.1, 0.15) is 19.3 Å². The molecule has 2 heteroatoms. The lowest BCUT2D eigenvalue weighted by molar-refractivity contribution is 0.816. The van der Waals surface area contributed by atoms with E-state index in [4.69, 9.17) is 11.6 Å². The molecule has 0 saturated heterocycles. The van der Waals surface area contributed by atoms with Gasteiger partial charge in [-0.25, -0.2) is 0 Å². The Morgan fingerprint density at radius 2 is 2.12 bits per heavy atom. The lowest BCUT2D eigenvalue weighted by Gasteiger charge is -1.92. The van der Waals surface area contributed by atoms with Gasteiger partial charge in [-0.1, -0.05) is 22.5 Å². The summed E-state index contributed by atoms with van der Waals surface area (Å²) in [6.07, 6.45) is 3.28. The fraction of sp³-hybridized carbons (Fsp3) is 0.667. The van der Waals surface area contributed by atoms with Gasteiger partial charge in [0.15, 0.2) is 0 Å². The summed E-state index contributed by atoms with van der Waals surface area (Å²) in [6, 6.07) is 0. The van der Waals surface area contributed by atoms with E-state index in [1.54, 1.807) is 0 Å². The van der Waals surface area contributed by atoms with Crippen LogP contribution < -0.4 is 0 Å². The summed E-state index contributed by atoms with van der Waals surface area (Å²) in [7, 11) is 0. The lowest BCUT2D eigenvalue weighted by atomic mass is 10.2. The number of hydrogen-bond donors (Lipinski definition) is 0. The molecule has 0 saturated carbocycles. The Labute approximate surface area is 64.0 Å². The Balaban J connectivity index is 2.82. The largest absolute Gasteiger partial charge is 0.127 e. The van der Waals surface area contributed by atoms with Crippen LogP contribution in [0.2, 0.25) is 0 Å². The van der Waals surface area contributed by atoms with Crippen molar-refractivity contribution in [1.82, 2.24) is 0 Å². The minimum atomic E-state index is 0.764. The summed E-state index contributed by atoms with van der Waals surface area (Å²) >= 11 is 8.71. The van der Waals surface area contributed by atoms with E-state index in [0.29, 0.717) is 0 Å². The molecular formula is C6H10BrCl. The van der Waals surface area contributed by atoms with Crippen molar-refractivity contribution < 1.29 is 0 Å². The minimum absolute atomic E-state index is 0.764. The number of hydrogen-bond acceptors (Lipinski definition) is 0. The monoisotopic (exact) mass is 196 g/mol. The first-order chi connectivity index (χ1) is 3.77. The number of rotatable bonds is 4. The first-order valence-corrected chi connectivity index (χ1v) is 3.99.